The van der Waals surface area contributed by atoms with E-state index in [4.69, 9.17) is 13.8 Å². The molecule has 0 spiro atoms. The first-order valence-corrected chi connectivity index (χ1v) is 9.61. The number of nitro benzene ring substituents is 1. The van der Waals surface area contributed by atoms with Crippen LogP contribution in [0.2, 0.25) is 0 Å². The van der Waals surface area contributed by atoms with E-state index in [1.165, 1.54) is 26.4 Å². The Kier molecular flexibility index (Phi) is 4.83. The van der Waals surface area contributed by atoms with E-state index in [0.717, 1.165) is 4.47 Å². The van der Waals surface area contributed by atoms with Crippen molar-refractivity contribution in [3.05, 3.63) is 74.2 Å². The predicted molar refractivity (Wildman–Crippen MR) is 94.4 cm³/mol. The number of hydrogen-bond donors (Lipinski definition) is 0. The standard InChI is InChI=1S/C16H15BrNO6P/c1-22-25(21,23-2)16(12-5-7-13(17)8-6-12)15(24-16)11-3-9-14(10-4-11)18(19)20/h3-10,15H,1-2H3/t15-,16+/m0/s1. The predicted octanol–water partition coefficient (Wildman–Crippen LogP) is 4.77. The van der Waals surface area contributed by atoms with E-state index < -0.39 is 24.0 Å². The van der Waals surface area contributed by atoms with Crippen LogP contribution in [-0.2, 0) is 23.7 Å². The summed E-state index contributed by atoms with van der Waals surface area (Å²) in [5.41, 5.74) is 1.27. The van der Waals surface area contributed by atoms with Crippen LogP contribution in [-0.4, -0.2) is 19.1 Å². The number of nitrogens with zero attached hydrogens (tertiary/aromatic N) is 1. The first kappa shape index (κ1) is 18.2. The molecule has 1 aliphatic rings. The lowest BCUT2D eigenvalue weighted by molar-refractivity contribution is -0.384. The number of halogens is 1. The molecular weight excluding hydrogens is 413 g/mol. The van der Waals surface area contributed by atoms with Gasteiger partial charge in [0.25, 0.3) is 5.69 Å². The maximum absolute atomic E-state index is 13.2. The Bertz CT molecular complexity index is 833. The highest BCUT2D eigenvalue weighted by molar-refractivity contribution is 9.10. The van der Waals surface area contributed by atoms with Crippen molar-refractivity contribution in [2.24, 2.45) is 0 Å². The molecule has 132 valence electrons. The molecule has 2 aromatic rings. The largest absolute Gasteiger partial charge is 0.369 e. The molecule has 9 heteroatoms. The second kappa shape index (κ2) is 6.63. The van der Waals surface area contributed by atoms with E-state index >= 15 is 0 Å². The van der Waals surface area contributed by atoms with Gasteiger partial charge in [0.05, 0.1) is 4.92 Å². The maximum atomic E-state index is 13.2. The first-order chi connectivity index (χ1) is 11.9. The fourth-order valence-electron chi connectivity index (χ4n) is 2.83. The molecule has 0 aromatic heterocycles. The highest BCUT2D eigenvalue weighted by atomic mass is 79.9. The Morgan fingerprint density at radius 3 is 2.16 bits per heavy atom. The molecule has 2 aromatic carbocycles. The van der Waals surface area contributed by atoms with E-state index in [0.29, 0.717) is 11.1 Å². The van der Waals surface area contributed by atoms with E-state index in [2.05, 4.69) is 15.9 Å². The smallest absolute Gasteiger partial charge is 0.343 e. The van der Waals surface area contributed by atoms with Crippen LogP contribution >= 0.6 is 23.5 Å². The van der Waals surface area contributed by atoms with Gasteiger partial charge >= 0.3 is 7.60 Å². The average molecular weight is 428 g/mol. The molecule has 0 amide bonds. The fraction of sp³-hybridized carbons (Fsp3) is 0.250. The Morgan fingerprint density at radius 2 is 1.68 bits per heavy atom. The van der Waals surface area contributed by atoms with Crippen molar-refractivity contribution in [3.8, 4) is 0 Å². The quantitative estimate of drug-likeness (QED) is 0.285. The molecule has 0 unspecified atom stereocenters. The highest BCUT2D eigenvalue weighted by Gasteiger charge is 2.71. The number of rotatable bonds is 6. The molecule has 7 nitrogen and oxygen atoms in total. The second-order valence-electron chi connectivity index (χ2n) is 5.41. The van der Waals surface area contributed by atoms with Crippen LogP contribution in [0.1, 0.15) is 17.2 Å². The summed E-state index contributed by atoms with van der Waals surface area (Å²) >= 11 is 3.36. The molecule has 3 rings (SSSR count). The SMILES string of the molecule is COP(=O)(OC)[C@@]1(c2ccc(Br)cc2)O[C@H]1c1ccc([N+](=O)[O-])cc1. The topological polar surface area (TPSA) is 91.2 Å². The first-order valence-electron chi connectivity index (χ1n) is 7.28. The number of ether oxygens (including phenoxy) is 1. The summed E-state index contributed by atoms with van der Waals surface area (Å²) in [7, 11) is -1.02. The zero-order valence-electron chi connectivity index (χ0n) is 13.4. The Hall–Kier alpha value is -1.57. The monoisotopic (exact) mass is 427 g/mol. The summed E-state index contributed by atoms with van der Waals surface area (Å²) in [6.45, 7) is 0. The number of nitro groups is 1. The van der Waals surface area contributed by atoms with Crippen LogP contribution in [0.25, 0.3) is 0 Å². The van der Waals surface area contributed by atoms with Crippen LogP contribution in [0.15, 0.2) is 53.0 Å². The zero-order chi connectivity index (χ0) is 18.2. The molecule has 1 aliphatic heterocycles. The van der Waals surface area contributed by atoms with Crippen LogP contribution in [0.3, 0.4) is 0 Å². The third kappa shape index (κ3) is 2.94. The van der Waals surface area contributed by atoms with Gasteiger partial charge in [0.15, 0.2) is 0 Å². The summed E-state index contributed by atoms with van der Waals surface area (Å²) in [4.78, 5) is 10.3. The van der Waals surface area contributed by atoms with Gasteiger partial charge in [-0.2, -0.15) is 0 Å². The highest BCUT2D eigenvalue weighted by Crippen LogP contribution is 2.79. The van der Waals surface area contributed by atoms with Crippen molar-refractivity contribution in [2.75, 3.05) is 14.2 Å². The lowest BCUT2D eigenvalue weighted by Gasteiger charge is -2.22. The van der Waals surface area contributed by atoms with Crippen molar-refractivity contribution in [3.63, 3.8) is 0 Å². The summed E-state index contributed by atoms with van der Waals surface area (Å²) in [5.74, 6) is 0. The molecule has 0 saturated carbocycles. The normalized spacial score (nSPS) is 22.6. The molecule has 0 N–H and O–H groups in total. The van der Waals surface area contributed by atoms with Crippen LogP contribution < -0.4 is 0 Å². The summed E-state index contributed by atoms with van der Waals surface area (Å²) in [6, 6.07) is 13.1. The lowest BCUT2D eigenvalue weighted by Crippen LogP contribution is -2.14. The van der Waals surface area contributed by atoms with Gasteiger partial charge in [0.1, 0.15) is 6.10 Å². The van der Waals surface area contributed by atoms with Gasteiger partial charge in [-0.05, 0) is 35.4 Å². The van der Waals surface area contributed by atoms with Gasteiger partial charge in [0, 0.05) is 30.8 Å². The molecule has 0 aliphatic carbocycles. The number of epoxide rings is 1. The zero-order valence-corrected chi connectivity index (χ0v) is 15.9. The van der Waals surface area contributed by atoms with Crippen LogP contribution in [0.4, 0.5) is 5.69 Å². The Balaban J connectivity index is 2.05. The molecule has 25 heavy (non-hydrogen) atoms. The molecule has 1 heterocycles. The third-order valence-corrected chi connectivity index (χ3v) is 7.05. The summed E-state index contributed by atoms with van der Waals surface area (Å²) in [6.07, 6.45) is -0.597. The Morgan fingerprint density at radius 1 is 1.12 bits per heavy atom. The minimum Gasteiger partial charge on any atom is -0.343 e. The minimum absolute atomic E-state index is 0.0275. The van der Waals surface area contributed by atoms with Crippen molar-refractivity contribution in [1.82, 2.24) is 0 Å². The molecule has 0 radical (unpaired) electrons. The van der Waals surface area contributed by atoms with E-state index in [9.17, 15) is 14.7 Å². The van der Waals surface area contributed by atoms with Gasteiger partial charge in [-0.1, -0.05) is 28.1 Å². The number of hydrogen-bond acceptors (Lipinski definition) is 6. The maximum Gasteiger partial charge on any atom is 0.369 e. The molecule has 0 bridgehead atoms. The third-order valence-electron chi connectivity index (χ3n) is 4.15. The fourth-order valence-corrected chi connectivity index (χ4v) is 4.92. The van der Waals surface area contributed by atoms with Crippen molar-refractivity contribution < 1.29 is 23.3 Å². The van der Waals surface area contributed by atoms with E-state index in [1.807, 2.05) is 0 Å². The second-order valence-corrected chi connectivity index (χ2v) is 8.72. The number of non-ortho nitro benzene ring substituents is 1. The average Bonchev–Trinajstić information content (AvgIpc) is 3.39. The van der Waals surface area contributed by atoms with Gasteiger partial charge in [-0.15, -0.1) is 0 Å². The van der Waals surface area contributed by atoms with Crippen LogP contribution in [0.5, 0.6) is 0 Å². The summed E-state index contributed by atoms with van der Waals surface area (Å²) < 4.78 is 30.3. The van der Waals surface area contributed by atoms with Gasteiger partial charge in [-0.3, -0.25) is 14.7 Å². The molecule has 2 atom stereocenters. The van der Waals surface area contributed by atoms with E-state index in [-0.39, 0.29) is 5.69 Å². The van der Waals surface area contributed by atoms with Gasteiger partial charge in [-0.25, -0.2) is 0 Å². The Labute approximate surface area is 152 Å². The minimum atomic E-state index is -3.63. The van der Waals surface area contributed by atoms with Crippen LogP contribution in [0, 0.1) is 10.1 Å². The summed E-state index contributed by atoms with van der Waals surface area (Å²) in [5, 5.41) is 9.53. The number of benzene rings is 2. The van der Waals surface area contributed by atoms with Gasteiger partial charge < -0.3 is 13.8 Å². The lowest BCUT2D eigenvalue weighted by atomic mass is 10.0. The molecular formula is C16H15BrNO6P. The van der Waals surface area contributed by atoms with Gasteiger partial charge in [0.2, 0.25) is 5.34 Å². The van der Waals surface area contributed by atoms with Crippen molar-refractivity contribution in [1.29, 1.82) is 0 Å². The van der Waals surface area contributed by atoms with E-state index in [1.54, 1.807) is 36.4 Å². The van der Waals surface area contributed by atoms with Crippen molar-refractivity contribution in [2.45, 2.75) is 11.4 Å². The van der Waals surface area contributed by atoms with Crippen molar-refractivity contribution >= 4 is 29.2 Å². The molecule has 1 saturated heterocycles. The molecule has 1 fully saturated rings.